The maximum Gasteiger partial charge on any atom is 0.302 e. The molecule has 0 unspecified atom stereocenters. The zero-order valence-electron chi connectivity index (χ0n) is 18.8. The summed E-state index contributed by atoms with van der Waals surface area (Å²) in [6.07, 6.45) is -0.631. The molecule has 3 amide bonds. The molecule has 1 fully saturated rings. The van der Waals surface area contributed by atoms with Crippen molar-refractivity contribution in [2.24, 2.45) is 11.8 Å². The van der Waals surface area contributed by atoms with Gasteiger partial charge >= 0.3 is 6.17 Å². The third-order valence-electron chi connectivity index (χ3n) is 6.34. The van der Waals surface area contributed by atoms with Gasteiger partial charge in [0.1, 0.15) is 23.0 Å². The number of hydrogen-bond donors (Lipinski definition) is 2. The van der Waals surface area contributed by atoms with E-state index in [1.54, 1.807) is 24.3 Å². The van der Waals surface area contributed by atoms with Crippen LogP contribution >= 0.6 is 0 Å². The molecule has 2 aromatic carbocycles. The highest BCUT2D eigenvalue weighted by Crippen LogP contribution is 2.47. The van der Waals surface area contributed by atoms with Gasteiger partial charge in [0.25, 0.3) is 0 Å². The lowest BCUT2D eigenvalue weighted by Gasteiger charge is -2.25. The zero-order valence-corrected chi connectivity index (χ0v) is 18.8. The van der Waals surface area contributed by atoms with Gasteiger partial charge in [-0.2, -0.15) is 0 Å². The van der Waals surface area contributed by atoms with E-state index in [0.29, 0.717) is 11.8 Å². The molecule has 2 aliphatic rings. The van der Waals surface area contributed by atoms with E-state index in [4.69, 9.17) is 6.57 Å². The van der Waals surface area contributed by atoms with E-state index in [9.17, 15) is 23.2 Å². The molecule has 9 heteroatoms. The van der Waals surface area contributed by atoms with E-state index in [2.05, 4.69) is 15.5 Å². The van der Waals surface area contributed by atoms with Crippen molar-refractivity contribution < 1.29 is 23.2 Å². The maximum atomic E-state index is 13.6. The Bertz CT molecular complexity index is 1190. The average Bonchev–Trinajstić information content (AvgIpc) is 3.29. The molecule has 0 saturated carbocycles. The summed E-state index contributed by atoms with van der Waals surface area (Å²) in [6.45, 7) is 11.3. The second-order valence-corrected chi connectivity index (χ2v) is 9.19. The summed E-state index contributed by atoms with van der Waals surface area (Å²) in [6, 6.07) is 9.77. The average molecular weight is 466 g/mol. The number of nitrogens with one attached hydrogen (secondary N) is 2. The minimum atomic E-state index is -1.19. The topological polar surface area (TPSA) is 82.9 Å². The highest BCUT2D eigenvalue weighted by Gasteiger charge is 2.59. The second kappa shape index (κ2) is 8.86. The largest absolute Gasteiger partial charge is 0.325 e. The van der Waals surface area contributed by atoms with Crippen LogP contribution in [0.2, 0.25) is 0 Å². The van der Waals surface area contributed by atoms with Crippen LogP contribution in [0.25, 0.3) is 4.85 Å². The monoisotopic (exact) mass is 466 g/mol. The van der Waals surface area contributed by atoms with Gasteiger partial charge < -0.3 is 10.6 Å². The molecule has 1 saturated heterocycles. The minimum Gasteiger partial charge on any atom is -0.325 e. The number of anilines is 2. The first-order valence-electron chi connectivity index (χ1n) is 11.0. The summed E-state index contributed by atoms with van der Waals surface area (Å²) in [7, 11) is 0. The molecular weight excluding hydrogens is 442 g/mol. The first-order chi connectivity index (χ1) is 16.1. The number of halogens is 2. The summed E-state index contributed by atoms with van der Waals surface area (Å²) in [4.78, 5) is 44.6. The van der Waals surface area contributed by atoms with Gasteiger partial charge in [-0.15, -0.1) is 0 Å². The van der Waals surface area contributed by atoms with Gasteiger partial charge in [-0.05, 0) is 36.1 Å². The van der Waals surface area contributed by atoms with Gasteiger partial charge in [-0.1, -0.05) is 32.0 Å². The number of carbonyl (C=O) groups excluding carboxylic acids is 3. The molecule has 0 bridgehead atoms. The van der Waals surface area contributed by atoms with Crippen molar-refractivity contribution >= 4 is 29.1 Å². The summed E-state index contributed by atoms with van der Waals surface area (Å²) >= 11 is 0. The van der Waals surface area contributed by atoms with Gasteiger partial charge in [0.2, 0.25) is 17.7 Å². The fourth-order valence-electron chi connectivity index (χ4n) is 4.80. The van der Waals surface area contributed by atoms with E-state index in [0.717, 1.165) is 17.7 Å². The van der Waals surface area contributed by atoms with Crippen LogP contribution < -0.4 is 10.6 Å². The third-order valence-corrected chi connectivity index (χ3v) is 6.34. The first kappa shape index (κ1) is 23.4. The lowest BCUT2D eigenvalue weighted by Crippen LogP contribution is -2.45. The van der Waals surface area contributed by atoms with Crippen molar-refractivity contribution in [3.63, 3.8) is 0 Å². The van der Waals surface area contributed by atoms with E-state index in [1.807, 2.05) is 13.8 Å². The van der Waals surface area contributed by atoms with Crippen molar-refractivity contribution in [2.75, 3.05) is 17.2 Å². The van der Waals surface area contributed by atoms with Gasteiger partial charge in [-0.25, -0.2) is 15.4 Å². The van der Waals surface area contributed by atoms with E-state index in [-0.39, 0.29) is 36.9 Å². The standard InChI is InChI=1S/C25H24F2N4O3/c1-14(2)8-18(22(32)29-17-10-15(26)9-16(27)11-17)23(33)31-13-25(12-21(31)28-3)19-6-4-5-7-20(19)30-24(25)34/h4-7,9-11,14,18,21H,8,12-13H2,1-2H3,(H,29,32)(H,30,34)/t18-,21-,25-/m0/s1. The molecule has 1 spiro atoms. The lowest BCUT2D eigenvalue weighted by molar-refractivity contribution is -0.141. The number of hydrogen-bond acceptors (Lipinski definition) is 3. The zero-order chi connectivity index (χ0) is 24.6. The Labute approximate surface area is 195 Å². The summed E-state index contributed by atoms with van der Waals surface area (Å²) in [5.74, 6) is -4.54. The van der Waals surface area contributed by atoms with Crippen LogP contribution in [0, 0.1) is 30.0 Å². The normalized spacial score (nSPS) is 21.8. The fraction of sp³-hybridized carbons (Fsp3) is 0.360. The molecule has 176 valence electrons. The van der Waals surface area contributed by atoms with Crippen molar-refractivity contribution in [1.29, 1.82) is 0 Å². The fourth-order valence-corrected chi connectivity index (χ4v) is 4.80. The van der Waals surface area contributed by atoms with E-state index >= 15 is 0 Å². The molecule has 7 nitrogen and oxygen atoms in total. The Morgan fingerprint density at radius 1 is 1.24 bits per heavy atom. The van der Waals surface area contributed by atoms with Crippen LogP contribution in [0.1, 0.15) is 32.3 Å². The highest BCUT2D eigenvalue weighted by atomic mass is 19.1. The van der Waals surface area contributed by atoms with Gasteiger partial charge in [-0.3, -0.25) is 24.1 Å². The molecule has 2 N–H and O–H groups in total. The maximum absolute atomic E-state index is 13.6. The predicted molar refractivity (Wildman–Crippen MR) is 121 cm³/mol. The molecule has 2 heterocycles. The molecule has 0 aromatic heterocycles. The van der Waals surface area contributed by atoms with Crippen molar-refractivity contribution in [3.8, 4) is 0 Å². The molecule has 34 heavy (non-hydrogen) atoms. The quantitative estimate of drug-likeness (QED) is 0.517. The van der Waals surface area contributed by atoms with Crippen LogP contribution in [0.4, 0.5) is 20.2 Å². The van der Waals surface area contributed by atoms with Gasteiger partial charge in [0.05, 0.1) is 6.42 Å². The molecular formula is C25H24F2N4O3. The Morgan fingerprint density at radius 2 is 1.91 bits per heavy atom. The molecule has 2 aliphatic heterocycles. The van der Waals surface area contributed by atoms with Crippen LogP contribution in [0.5, 0.6) is 0 Å². The summed E-state index contributed by atoms with van der Waals surface area (Å²) < 4.78 is 27.2. The van der Waals surface area contributed by atoms with Crippen molar-refractivity contribution in [3.05, 3.63) is 71.1 Å². The molecule has 2 aromatic rings. The number of carbonyl (C=O) groups is 3. The molecule has 0 aliphatic carbocycles. The minimum absolute atomic E-state index is 0.0296. The molecule has 0 radical (unpaired) electrons. The van der Waals surface area contributed by atoms with Gasteiger partial charge in [0, 0.05) is 24.0 Å². The SMILES string of the molecule is [C-]#[N+][C@@H]1C[C@@]2(CN1C(=O)[C@@H](CC(C)C)C(=O)Nc1cc(F)cc(F)c1)C(=O)Nc1ccccc12. The van der Waals surface area contributed by atoms with Crippen molar-refractivity contribution in [1.82, 2.24) is 4.90 Å². The number of benzene rings is 2. The summed E-state index contributed by atoms with van der Waals surface area (Å²) in [5, 5.41) is 5.26. The smallest absolute Gasteiger partial charge is 0.302 e. The first-order valence-corrected chi connectivity index (χ1v) is 11.0. The highest BCUT2D eigenvalue weighted by molar-refractivity contribution is 6.09. The molecule has 3 atom stereocenters. The Balaban J connectivity index is 1.63. The van der Waals surface area contributed by atoms with Crippen LogP contribution in [-0.2, 0) is 19.8 Å². The number of nitrogens with zero attached hydrogens (tertiary/aromatic N) is 2. The van der Waals surface area contributed by atoms with Crippen molar-refractivity contribution in [2.45, 2.75) is 38.3 Å². The van der Waals surface area contributed by atoms with Crippen LogP contribution in [0.3, 0.4) is 0 Å². The van der Waals surface area contributed by atoms with Crippen LogP contribution in [-0.4, -0.2) is 35.3 Å². The number of para-hydroxylation sites is 1. The summed E-state index contributed by atoms with van der Waals surface area (Å²) in [5.41, 5.74) is 0.207. The number of amides is 3. The second-order valence-electron chi connectivity index (χ2n) is 9.19. The Morgan fingerprint density at radius 3 is 2.56 bits per heavy atom. The predicted octanol–water partition coefficient (Wildman–Crippen LogP) is 3.93. The number of fused-ring (bicyclic) bond motifs is 2. The van der Waals surface area contributed by atoms with Crippen LogP contribution in [0.15, 0.2) is 42.5 Å². The Kier molecular flexibility index (Phi) is 6.09. The van der Waals surface area contributed by atoms with E-state index in [1.165, 1.54) is 4.90 Å². The number of likely N-dealkylation sites (tertiary alicyclic amines) is 1. The Hall–Kier alpha value is -3.80. The van der Waals surface area contributed by atoms with Gasteiger partial charge in [0.15, 0.2) is 0 Å². The van der Waals surface area contributed by atoms with E-state index < -0.39 is 40.9 Å². The number of rotatable bonds is 5. The lowest BCUT2D eigenvalue weighted by atomic mass is 9.80. The third kappa shape index (κ3) is 4.12. The molecule has 4 rings (SSSR count).